The molecule has 0 fully saturated rings. The van der Waals surface area contributed by atoms with Gasteiger partial charge >= 0.3 is 6.03 Å². The fourth-order valence-corrected chi connectivity index (χ4v) is 4.32. The molecule has 0 unspecified atom stereocenters. The second-order valence-corrected chi connectivity index (χ2v) is 9.71. The first-order chi connectivity index (χ1) is 18.7. The predicted molar refractivity (Wildman–Crippen MR) is 144 cm³/mol. The Morgan fingerprint density at radius 2 is 1.95 bits per heavy atom. The minimum absolute atomic E-state index is 0.136. The number of carbonyl (C=O) groups excluding carboxylic acids is 2. The summed E-state index contributed by atoms with van der Waals surface area (Å²) >= 11 is 0. The number of aliphatic hydroxyl groups excluding tert-OH is 1. The number of aromatic nitrogens is 1. The number of halogens is 1. The Labute approximate surface area is 226 Å². The number of hydrogen-bond donors (Lipinski definition) is 2. The summed E-state index contributed by atoms with van der Waals surface area (Å²) in [5.41, 5.74) is 2.67. The molecule has 3 aromatic rings. The molecule has 202 valence electrons. The average Bonchev–Trinajstić information content (AvgIpc) is 2.95. The topological polar surface area (TPSA) is 119 Å². The number of urea groups is 1. The van der Waals surface area contributed by atoms with Crippen LogP contribution in [0.2, 0.25) is 0 Å². The summed E-state index contributed by atoms with van der Waals surface area (Å²) in [6.07, 6.45) is 1.07. The summed E-state index contributed by atoms with van der Waals surface area (Å²) in [4.78, 5) is 34.0. The minimum atomic E-state index is -0.525. The number of nitrogens with zero attached hydrogens (tertiary/aromatic N) is 4. The average molecular weight is 532 g/mol. The third-order valence-electron chi connectivity index (χ3n) is 6.76. The Morgan fingerprint density at radius 3 is 2.59 bits per heavy atom. The van der Waals surface area contributed by atoms with Crippen molar-refractivity contribution in [2.45, 2.75) is 26.0 Å². The third kappa shape index (κ3) is 6.33. The number of nitrogens with one attached hydrogen (secondary N) is 1. The lowest BCUT2D eigenvalue weighted by Gasteiger charge is -2.37. The summed E-state index contributed by atoms with van der Waals surface area (Å²) in [5, 5.41) is 21.7. The van der Waals surface area contributed by atoms with Crippen molar-refractivity contribution < 1.29 is 23.8 Å². The lowest BCUT2D eigenvalue weighted by molar-refractivity contribution is 0.0356. The lowest BCUT2D eigenvalue weighted by Crippen LogP contribution is -2.50. The number of aliphatic hydroxyl groups is 1. The van der Waals surface area contributed by atoms with E-state index in [2.05, 4.69) is 16.4 Å². The highest BCUT2D eigenvalue weighted by molar-refractivity contribution is 5.98. The molecule has 2 heterocycles. The fraction of sp³-hybridized carbons (Fsp3) is 0.310. The van der Waals surface area contributed by atoms with Gasteiger partial charge in [0, 0.05) is 37.0 Å². The Morgan fingerprint density at radius 1 is 1.26 bits per heavy atom. The summed E-state index contributed by atoms with van der Waals surface area (Å²) in [7, 11) is 1.62. The molecular formula is C29H30FN5O4. The van der Waals surface area contributed by atoms with E-state index in [1.807, 2.05) is 6.92 Å². The van der Waals surface area contributed by atoms with E-state index in [4.69, 9.17) is 10.00 Å². The fourth-order valence-electron chi connectivity index (χ4n) is 4.32. The van der Waals surface area contributed by atoms with Gasteiger partial charge in [-0.15, -0.1) is 0 Å². The van der Waals surface area contributed by atoms with Crippen molar-refractivity contribution in [2.75, 3.05) is 32.1 Å². The molecule has 9 nitrogen and oxygen atoms in total. The number of anilines is 1. The molecule has 0 aliphatic carbocycles. The van der Waals surface area contributed by atoms with E-state index in [-0.39, 0.29) is 36.4 Å². The van der Waals surface area contributed by atoms with Gasteiger partial charge in [0.25, 0.3) is 5.91 Å². The molecule has 1 aliphatic heterocycles. The zero-order valence-corrected chi connectivity index (χ0v) is 22.0. The molecule has 1 aromatic heterocycles. The highest BCUT2D eigenvalue weighted by Crippen LogP contribution is 2.30. The Balaban J connectivity index is 1.62. The van der Waals surface area contributed by atoms with E-state index in [1.54, 1.807) is 55.4 Å². The van der Waals surface area contributed by atoms with E-state index >= 15 is 0 Å². The number of ether oxygens (including phenoxy) is 1. The van der Waals surface area contributed by atoms with Gasteiger partial charge in [-0.25, -0.2) is 14.2 Å². The SMILES string of the molecule is C[C@@H]1CN([C@H](C)CO)C(=O)c2cc(-c3ccc(C#N)cc3)cnc2O[C@H]1CN(C)C(=O)Nc1ccc(F)cc1. The van der Waals surface area contributed by atoms with Gasteiger partial charge in [0.2, 0.25) is 5.88 Å². The zero-order valence-electron chi connectivity index (χ0n) is 22.0. The van der Waals surface area contributed by atoms with E-state index in [1.165, 1.54) is 29.2 Å². The van der Waals surface area contributed by atoms with Crippen LogP contribution in [0.3, 0.4) is 0 Å². The van der Waals surface area contributed by atoms with E-state index < -0.39 is 24.0 Å². The molecule has 3 atom stereocenters. The summed E-state index contributed by atoms with van der Waals surface area (Å²) in [5.74, 6) is -0.793. The van der Waals surface area contributed by atoms with Gasteiger partial charge in [-0.2, -0.15) is 5.26 Å². The van der Waals surface area contributed by atoms with Crippen LogP contribution in [0, 0.1) is 23.1 Å². The van der Waals surface area contributed by atoms with Crippen LogP contribution >= 0.6 is 0 Å². The quantitative estimate of drug-likeness (QED) is 0.494. The maximum Gasteiger partial charge on any atom is 0.321 e. The smallest absolute Gasteiger partial charge is 0.321 e. The van der Waals surface area contributed by atoms with Crippen molar-refractivity contribution in [1.29, 1.82) is 5.26 Å². The molecular weight excluding hydrogens is 501 g/mol. The number of nitriles is 1. The Bertz CT molecular complexity index is 1370. The highest BCUT2D eigenvalue weighted by Gasteiger charge is 2.34. The number of hydrogen-bond acceptors (Lipinski definition) is 6. The van der Waals surface area contributed by atoms with E-state index in [0.717, 1.165) is 5.56 Å². The normalized spacial score (nSPS) is 17.6. The first-order valence-electron chi connectivity index (χ1n) is 12.6. The van der Waals surface area contributed by atoms with Crippen LogP contribution in [0.5, 0.6) is 5.88 Å². The number of fused-ring (bicyclic) bond motifs is 1. The molecule has 0 bridgehead atoms. The van der Waals surface area contributed by atoms with Crippen molar-refractivity contribution in [1.82, 2.24) is 14.8 Å². The molecule has 2 aromatic carbocycles. The van der Waals surface area contributed by atoms with Crippen LogP contribution in [-0.4, -0.2) is 70.7 Å². The first kappa shape index (κ1) is 27.5. The predicted octanol–water partition coefficient (Wildman–Crippen LogP) is 4.14. The van der Waals surface area contributed by atoms with Crippen molar-refractivity contribution in [3.05, 3.63) is 77.7 Å². The summed E-state index contributed by atoms with van der Waals surface area (Å²) in [6, 6.07) is 15.3. The monoisotopic (exact) mass is 531 g/mol. The molecule has 2 N–H and O–H groups in total. The van der Waals surface area contributed by atoms with Crippen LogP contribution in [0.1, 0.15) is 29.8 Å². The molecule has 10 heteroatoms. The Kier molecular flexibility index (Phi) is 8.42. The van der Waals surface area contributed by atoms with Gasteiger partial charge in [-0.05, 0) is 55.0 Å². The largest absolute Gasteiger partial charge is 0.472 e. The van der Waals surface area contributed by atoms with Crippen LogP contribution in [0.4, 0.5) is 14.9 Å². The zero-order chi connectivity index (χ0) is 28.1. The molecule has 3 amide bonds. The lowest BCUT2D eigenvalue weighted by atomic mass is 9.99. The number of amides is 3. The van der Waals surface area contributed by atoms with Crippen LogP contribution in [-0.2, 0) is 0 Å². The van der Waals surface area contributed by atoms with Crippen molar-refractivity contribution in [3.63, 3.8) is 0 Å². The number of likely N-dealkylation sites (N-methyl/N-ethyl adjacent to an activating group) is 1. The van der Waals surface area contributed by atoms with Crippen molar-refractivity contribution in [3.8, 4) is 23.1 Å². The molecule has 0 spiro atoms. The number of pyridine rings is 1. The van der Waals surface area contributed by atoms with Gasteiger partial charge in [0.15, 0.2) is 0 Å². The van der Waals surface area contributed by atoms with Gasteiger partial charge < -0.3 is 25.0 Å². The minimum Gasteiger partial charge on any atom is -0.472 e. The van der Waals surface area contributed by atoms with Crippen LogP contribution < -0.4 is 10.1 Å². The molecule has 0 radical (unpaired) electrons. The maximum absolute atomic E-state index is 13.6. The molecule has 4 rings (SSSR count). The number of benzene rings is 2. The molecule has 0 saturated heterocycles. The number of rotatable bonds is 6. The second-order valence-electron chi connectivity index (χ2n) is 9.71. The second kappa shape index (κ2) is 11.9. The van der Waals surface area contributed by atoms with E-state index in [0.29, 0.717) is 23.4 Å². The number of carbonyl (C=O) groups is 2. The van der Waals surface area contributed by atoms with Gasteiger partial charge in [0.1, 0.15) is 17.5 Å². The van der Waals surface area contributed by atoms with Crippen LogP contribution in [0.15, 0.2) is 60.8 Å². The summed E-state index contributed by atoms with van der Waals surface area (Å²) in [6.45, 7) is 3.93. The third-order valence-corrected chi connectivity index (χ3v) is 6.76. The van der Waals surface area contributed by atoms with Gasteiger partial charge in [0.05, 0.1) is 30.8 Å². The molecule has 39 heavy (non-hydrogen) atoms. The molecule has 0 saturated carbocycles. The van der Waals surface area contributed by atoms with Gasteiger partial charge in [-0.3, -0.25) is 4.79 Å². The standard InChI is InChI=1S/C29H30FN5O4/c1-18-15-35(19(2)17-36)28(37)25-12-22(21-6-4-20(13-31)5-7-21)14-32-27(25)39-26(18)16-34(3)29(38)33-24-10-8-23(30)9-11-24/h4-12,14,18-19,26,36H,15-17H2,1-3H3,(H,33,38)/t18-,19-,26+/m1/s1. The van der Waals surface area contributed by atoms with Crippen LogP contribution in [0.25, 0.3) is 11.1 Å². The first-order valence-corrected chi connectivity index (χ1v) is 12.6. The summed E-state index contributed by atoms with van der Waals surface area (Å²) < 4.78 is 19.5. The molecule has 1 aliphatic rings. The Hall–Kier alpha value is -4.49. The van der Waals surface area contributed by atoms with Crippen molar-refractivity contribution >= 4 is 17.6 Å². The van der Waals surface area contributed by atoms with Gasteiger partial charge in [-0.1, -0.05) is 19.1 Å². The highest BCUT2D eigenvalue weighted by atomic mass is 19.1. The van der Waals surface area contributed by atoms with E-state index in [9.17, 15) is 19.1 Å². The van der Waals surface area contributed by atoms with Crippen molar-refractivity contribution in [2.24, 2.45) is 5.92 Å². The maximum atomic E-state index is 13.6.